The van der Waals surface area contributed by atoms with Crippen LogP contribution in [-0.2, 0) is 16.0 Å². The zero-order valence-corrected chi connectivity index (χ0v) is 13.8. The lowest BCUT2D eigenvalue weighted by atomic mass is 10.1. The van der Waals surface area contributed by atoms with Gasteiger partial charge in [-0.1, -0.05) is 11.3 Å². The molecule has 0 aliphatic carbocycles. The van der Waals surface area contributed by atoms with E-state index in [1.54, 1.807) is 18.4 Å². The van der Waals surface area contributed by atoms with Crippen molar-refractivity contribution >= 4 is 28.2 Å². The third-order valence-corrected chi connectivity index (χ3v) is 5.22. The molecule has 22 heavy (non-hydrogen) atoms. The van der Waals surface area contributed by atoms with Gasteiger partial charge in [0.15, 0.2) is 5.13 Å². The number of rotatable bonds is 4. The zero-order valence-electron chi connectivity index (χ0n) is 13.0. The molecule has 0 bridgehead atoms. The molecule has 0 aromatic carbocycles. The van der Waals surface area contributed by atoms with Crippen LogP contribution in [0.2, 0.25) is 0 Å². The number of ether oxygens (including phenoxy) is 1. The van der Waals surface area contributed by atoms with Crippen LogP contribution in [0, 0.1) is 0 Å². The smallest absolute Gasteiger partial charge is 0.240 e. The van der Waals surface area contributed by atoms with E-state index in [0.717, 1.165) is 18.7 Å². The number of thiazole rings is 1. The third kappa shape index (κ3) is 3.40. The van der Waals surface area contributed by atoms with Crippen LogP contribution >= 0.6 is 11.3 Å². The molecule has 1 unspecified atom stereocenters. The molecular formula is C14H23N5O2S. The second kappa shape index (κ2) is 6.49. The first-order chi connectivity index (χ1) is 10.5. The third-order valence-electron chi connectivity index (χ3n) is 4.19. The summed E-state index contributed by atoms with van der Waals surface area (Å²) in [5.41, 5.74) is 5.97. The largest absolute Gasteiger partial charge is 0.378 e. The van der Waals surface area contributed by atoms with E-state index in [9.17, 15) is 4.79 Å². The highest BCUT2D eigenvalue weighted by atomic mass is 32.1. The van der Waals surface area contributed by atoms with Crippen molar-refractivity contribution < 1.29 is 9.53 Å². The van der Waals surface area contributed by atoms with Crippen LogP contribution < -0.4 is 16.4 Å². The number of methoxy groups -OCH3 is 1. The Hall–Kier alpha value is -1.22. The van der Waals surface area contributed by atoms with Crippen molar-refractivity contribution in [2.75, 3.05) is 37.4 Å². The number of carbonyl (C=O) groups excluding carboxylic acids is 1. The van der Waals surface area contributed by atoms with E-state index in [4.69, 9.17) is 10.5 Å². The Bertz CT molecular complexity index is 549. The molecule has 8 heteroatoms. The molecule has 3 rings (SSSR count). The molecule has 0 radical (unpaired) electrons. The standard InChI is InChI=1S/C14H23N5O2S/c1-8-3-4-11-13(16-8)18-14(22-11)17-12(20)7-19-5-9(15)10(6-19)21-2/h8-10,16H,3-7,15H2,1-2H3,(H,17,18,20)/t8?,9-,10-/m0/s1. The van der Waals surface area contributed by atoms with E-state index in [-0.39, 0.29) is 18.1 Å². The maximum atomic E-state index is 12.2. The average Bonchev–Trinajstić information content (AvgIpc) is 3.00. The number of anilines is 2. The number of hydrogen-bond acceptors (Lipinski definition) is 7. The highest BCUT2D eigenvalue weighted by Crippen LogP contribution is 2.32. The summed E-state index contributed by atoms with van der Waals surface area (Å²) in [5.74, 6) is 0.866. The average molecular weight is 325 g/mol. The summed E-state index contributed by atoms with van der Waals surface area (Å²) in [7, 11) is 1.65. The van der Waals surface area contributed by atoms with Gasteiger partial charge in [0, 0.05) is 32.3 Å². The highest BCUT2D eigenvalue weighted by Gasteiger charge is 2.31. The first kappa shape index (κ1) is 15.7. The Morgan fingerprint density at radius 1 is 1.59 bits per heavy atom. The van der Waals surface area contributed by atoms with Gasteiger partial charge >= 0.3 is 0 Å². The molecule has 3 atom stereocenters. The van der Waals surface area contributed by atoms with Crippen molar-refractivity contribution in [3.8, 4) is 0 Å². The number of aryl methyl sites for hydroxylation is 1. The number of amides is 1. The van der Waals surface area contributed by atoms with E-state index in [1.165, 1.54) is 4.88 Å². The van der Waals surface area contributed by atoms with Crippen molar-refractivity contribution in [1.29, 1.82) is 0 Å². The zero-order chi connectivity index (χ0) is 15.7. The molecule has 1 aromatic rings. The lowest BCUT2D eigenvalue weighted by Gasteiger charge is -2.18. The Morgan fingerprint density at radius 3 is 3.14 bits per heavy atom. The first-order valence-electron chi connectivity index (χ1n) is 7.62. The lowest BCUT2D eigenvalue weighted by molar-refractivity contribution is -0.117. The fourth-order valence-electron chi connectivity index (χ4n) is 2.96. The van der Waals surface area contributed by atoms with E-state index >= 15 is 0 Å². The van der Waals surface area contributed by atoms with Crippen LogP contribution in [0.4, 0.5) is 10.9 Å². The summed E-state index contributed by atoms with van der Waals surface area (Å²) in [5, 5.41) is 6.91. The number of nitrogens with two attached hydrogens (primary N) is 1. The lowest BCUT2D eigenvalue weighted by Crippen LogP contribution is -2.34. The summed E-state index contributed by atoms with van der Waals surface area (Å²) < 4.78 is 5.30. The number of nitrogens with zero attached hydrogens (tertiary/aromatic N) is 2. The van der Waals surface area contributed by atoms with Crippen molar-refractivity contribution in [2.24, 2.45) is 5.73 Å². The number of aromatic nitrogens is 1. The molecular weight excluding hydrogens is 302 g/mol. The summed E-state index contributed by atoms with van der Waals surface area (Å²) in [6.07, 6.45) is 2.13. The predicted molar refractivity (Wildman–Crippen MR) is 87.4 cm³/mol. The number of nitrogens with one attached hydrogen (secondary N) is 2. The number of fused-ring (bicyclic) bond motifs is 1. The van der Waals surface area contributed by atoms with Gasteiger partial charge in [-0.05, 0) is 19.8 Å². The summed E-state index contributed by atoms with van der Waals surface area (Å²) in [4.78, 5) is 19.9. The van der Waals surface area contributed by atoms with Gasteiger partial charge in [0.25, 0.3) is 0 Å². The van der Waals surface area contributed by atoms with Crippen molar-refractivity contribution in [3.63, 3.8) is 0 Å². The van der Waals surface area contributed by atoms with Crippen LogP contribution in [0.5, 0.6) is 0 Å². The fraction of sp³-hybridized carbons (Fsp3) is 0.714. The minimum absolute atomic E-state index is 0.00524. The Labute approximate surface area is 134 Å². The van der Waals surface area contributed by atoms with E-state index < -0.39 is 0 Å². The molecule has 122 valence electrons. The van der Waals surface area contributed by atoms with Gasteiger partial charge < -0.3 is 21.1 Å². The van der Waals surface area contributed by atoms with Crippen molar-refractivity contribution in [1.82, 2.24) is 9.88 Å². The predicted octanol–water partition coefficient (Wildman–Crippen LogP) is 0.486. The topological polar surface area (TPSA) is 92.5 Å². The second-order valence-electron chi connectivity index (χ2n) is 6.06. The first-order valence-corrected chi connectivity index (χ1v) is 8.43. The van der Waals surface area contributed by atoms with Gasteiger partial charge in [0.2, 0.25) is 5.91 Å². The van der Waals surface area contributed by atoms with Gasteiger partial charge in [-0.2, -0.15) is 0 Å². The van der Waals surface area contributed by atoms with Crippen LogP contribution in [0.3, 0.4) is 0 Å². The number of carbonyl (C=O) groups is 1. The van der Waals surface area contributed by atoms with Gasteiger partial charge in [-0.25, -0.2) is 4.98 Å². The van der Waals surface area contributed by atoms with Crippen LogP contribution in [-0.4, -0.2) is 60.7 Å². The fourth-order valence-corrected chi connectivity index (χ4v) is 3.92. The molecule has 2 aliphatic heterocycles. The molecule has 1 aromatic heterocycles. The Kier molecular flexibility index (Phi) is 4.62. The Morgan fingerprint density at radius 2 is 2.41 bits per heavy atom. The SMILES string of the molecule is CO[C@H]1CN(CC(=O)Nc2nc3c(s2)CCC(C)N3)C[C@@H]1N. The van der Waals surface area contributed by atoms with Crippen molar-refractivity contribution in [2.45, 2.75) is 38.0 Å². The Balaban J connectivity index is 1.54. The maximum Gasteiger partial charge on any atom is 0.240 e. The molecule has 1 saturated heterocycles. The molecule has 3 heterocycles. The summed E-state index contributed by atoms with van der Waals surface area (Å²) >= 11 is 1.56. The van der Waals surface area contributed by atoms with Crippen LogP contribution in [0.25, 0.3) is 0 Å². The molecule has 1 amide bonds. The van der Waals surface area contributed by atoms with E-state index in [0.29, 0.717) is 30.8 Å². The molecule has 0 saturated carbocycles. The highest BCUT2D eigenvalue weighted by molar-refractivity contribution is 7.16. The second-order valence-corrected chi connectivity index (χ2v) is 7.14. The van der Waals surface area contributed by atoms with Gasteiger partial charge in [-0.3, -0.25) is 9.69 Å². The maximum absolute atomic E-state index is 12.2. The van der Waals surface area contributed by atoms with Gasteiger partial charge in [0.1, 0.15) is 5.82 Å². The van der Waals surface area contributed by atoms with Crippen LogP contribution in [0.1, 0.15) is 18.2 Å². The molecule has 1 fully saturated rings. The van der Waals surface area contributed by atoms with Gasteiger partial charge in [-0.15, -0.1) is 0 Å². The molecule has 2 aliphatic rings. The van der Waals surface area contributed by atoms with E-state index in [1.807, 2.05) is 4.90 Å². The monoisotopic (exact) mass is 325 g/mol. The molecule has 7 nitrogen and oxygen atoms in total. The minimum atomic E-state index is -0.0527. The summed E-state index contributed by atoms with van der Waals surface area (Å²) in [6.45, 7) is 3.84. The quantitative estimate of drug-likeness (QED) is 0.746. The number of hydrogen-bond donors (Lipinski definition) is 3. The minimum Gasteiger partial charge on any atom is -0.378 e. The number of likely N-dealkylation sites (tertiary alicyclic amines) is 1. The summed E-state index contributed by atoms with van der Waals surface area (Å²) in [6, 6.07) is 0.408. The van der Waals surface area contributed by atoms with Crippen molar-refractivity contribution in [3.05, 3.63) is 4.88 Å². The van der Waals surface area contributed by atoms with E-state index in [2.05, 4.69) is 22.5 Å². The van der Waals surface area contributed by atoms with Gasteiger partial charge in [0.05, 0.1) is 17.5 Å². The van der Waals surface area contributed by atoms with Crippen LogP contribution in [0.15, 0.2) is 0 Å². The normalized spacial score (nSPS) is 28.2. The molecule has 4 N–H and O–H groups in total. The molecule has 0 spiro atoms.